The first kappa shape index (κ1) is 9.98. The van der Waals surface area contributed by atoms with Gasteiger partial charge in [0.15, 0.2) is 0 Å². The van der Waals surface area contributed by atoms with E-state index in [0.717, 1.165) is 0 Å². The van der Waals surface area contributed by atoms with Crippen molar-refractivity contribution in [2.75, 3.05) is 13.2 Å². The average molecular weight is 236 g/mol. The topological polar surface area (TPSA) is 93.1 Å². The molecule has 7 heteroatoms. The predicted octanol–water partition coefficient (Wildman–Crippen LogP) is -1.63. The van der Waals surface area contributed by atoms with Crippen molar-refractivity contribution in [3.8, 4) is 0 Å². The first-order chi connectivity index (χ1) is 6.98. The summed E-state index contributed by atoms with van der Waals surface area (Å²) in [6, 6.07) is 0. The maximum absolute atomic E-state index is 11.6. The molecule has 0 amide bonds. The second kappa shape index (κ2) is 2.54. The van der Waals surface area contributed by atoms with Crippen LogP contribution in [-0.4, -0.2) is 54.4 Å². The molecule has 86 valence electrons. The minimum atomic E-state index is -3.65. The highest BCUT2D eigenvalue weighted by Crippen LogP contribution is 2.58. The Hall–Kier alpha value is -0.210. The number of rotatable bonds is 2. The number of aliphatic hydroxyl groups excluding tert-OH is 2. The summed E-state index contributed by atoms with van der Waals surface area (Å²) >= 11 is 0. The molecule has 2 bridgehead atoms. The van der Waals surface area contributed by atoms with Crippen molar-refractivity contribution in [3.05, 3.63) is 0 Å². The van der Waals surface area contributed by atoms with Crippen LogP contribution in [0.25, 0.3) is 0 Å². The smallest absolute Gasteiger partial charge is 0.273 e. The number of ether oxygens (including phenoxy) is 1. The summed E-state index contributed by atoms with van der Waals surface area (Å²) in [5.74, 6) is 0. The fraction of sp³-hybridized carbons (Fsp3) is 1.00. The molecule has 0 radical (unpaired) electrons. The van der Waals surface area contributed by atoms with Gasteiger partial charge in [0.2, 0.25) is 0 Å². The Balaban J connectivity index is 2.13. The zero-order chi connectivity index (χ0) is 10.9. The van der Waals surface area contributed by atoms with Crippen LogP contribution in [0, 0.1) is 0 Å². The normalized spacial score (nSPS) is 55.1. The Bertz CT molecular complexity index is 405. The summed E-state index contributed by atoms with van der Waals surface area (Å²) < 4.78 is 33.7. The molecular formula is C8H12O6S. The highest BCUT2D eigenvalue weighted by molar-refractivity contribution is 7.87. The van der Waals surface area contributed by atoms with E-state index in [1.165, 1.54) is 0 Å². The number of hydrogen-bond acceptors (Lipinski definition) is 6. The number of aliphatic hydroxyl groups is 2. The molecule has 15 heavy (non-hydrogen) atoms. The van der Waals surface area contributed by atoms with Crippen molar-refractivity contribution in [2.45, 2.75) is 35.4 Å². The van der Waals surface area contributed by atoms with E-state index in [0.29, 0.717) is 6.42 Å². The molecule has 3 aliphatic heterocycles. The molecule has 0 aromatic rings. The zero-order valence-electron chi connectivity index (χ0n) is 7.92. The second-order valence-electron chi connectivity index (χ2n) is 4.53. The maximum Gasteiger partial charge on any atom is 0.273 e. The molecule has 3 aliphatic rings. The molecule has 2 N–H and O–H groups in total. The summed E-state index contributed by atoms with van der Waals surface area (Å²) in [6.07, 6.45) is -0.0960. The fourth-order valence-electron chi connectivity index (χ4n) is 3.02. The van der Waals surface area contributed by atoms with Gasteiger partial charge in [-0.1, -0.05) is 0 Å². The summed E-state index contributed by atoms with van der Waals surface area (Å²) in [5.41, 5.74) is -1.97. The molecule has 0 spiro atoms. The molecule has 4 unspecified atom stereocenters. The minimum absolute atomic E-state index is 0.211. The van der Waals surface area contributed by atoms with Crippen LogP contribution in [0.2, 0.25) is 0 Å². The third-order valence-corrected chi connectivity index (χ3v) is 5.51. The van der Waals surface area contributed by atoms with E-state index in [4.69, 9.17) is 8.92 Å². The molecule has 0 saturated carbocycles. The molecular weight excluding hydrogens is 224 g/mol. The molecule has 6 nitrogen and oxygen atoms in total. The Morgan fingerprint density at radius 1 is 1.27 bits per heavy atom. The predicted molar refractivity (Wildman–Crippen MR) is 47.5 cm³/mol. The molecule has 3 fully saturated rings. The lowest BCUT2D eigenvalue weighted by Crippen LogP contribution is -2.47. The van der Waals surface area contributed by atoms with Crippen LogP contribution in [0.3, 0.4) is 0 Å². The van der Waals surface area contributed by atoms with E-state index < -0.39 is 32.7 Å². The molecule has 0 aliphatic carbocycles. The first-order valence-electron chi connectivity index (χ1n) is 4.82. The van der Waals surface area contributed by atoms with Gasteiger partial charge in [-0.05, 0) is 0 Å². The lowest BCUT2D eigenvalue weighted by Gasteiger charge is -2.24. The standard InChI is InChI=1S/C8H12O6S/c9-3-7-1-5-8(4-10,14-7)6(2-7)15(11,12)13-5/h5-6,9-10H,1-4H2. The zero-order valence-corrected chi connectivity index (χ0v) is 8.74. The molecule has 0 aromatic carbocycles. The van der Waals surface area contributed by atoms with Crippen LogP contribution in [-0.2, 0) is 19.0 Å². The van der Waals surface area contributed by atoms with Crippen LogP contribution >= 0.6 is 0 Å². The summed E-state index contributed by atoms with van der Waals surface area (Å²) in [5, 5.41) is 17.7. The summed E-state index contributed by atoms with van der Waals surface area (Å²) in [4.78, 5) is 0. The van der Waals surface area contributed by atoms with Gasteiger partial charge in [-0.15, -0.1) is 0 Å². The van der Waals surface area contributed by atoms with Gasteiger partial charge in [-0.25, -0.2) is 0 Å². The third-order valence-electron chi connectivity index (χ3n) is 3.75. The van der Waals surface area contributed by atoms with Crippen molar-refractivity contribution < 1.29 is 27.6 Å². The van der Waals surface area contributed by atoms with Gasteiger partial charge in [0.25, 0.3) is 10.1 Å². The third kappa shape index (κ3) is 0.955. The van der Waals surface area contributed by atoms with Gasteiger partial charge < -0.3 is 14.9 Å². The fourth-order valence-corrected chi connectivity index (χ4v) is 4.98. The molecule has 3 heterocycles. The van der Waals surface area contributed by atoms with Gasteiger partial charge >= 0.3 is 0 Å². The molecule has 4 atom stereocenters. The van der Waals surface area contributed by atoms with Gasteiger partial charge in [0.1, 0.15) is 17.0 Å². The minimum Gasteiger partial charge on any atom is -0.393 e. The Morgan fingerprint density at radius 2 is 2.00 bits per heavy atom. The molecule has 0 aromatic heterocycles. The monoisotopic (exact) mass is 236 g/mol. The second-order valence-corrected chi connectivity index (χ2v) is 6.28. The summed E-state index contributed by atoms with van der Waals surface area (Å²) in [7, 11) is -3.65. The SMILES string of the molecule is O=S1(=O)OC2CC3(CO)CC1C2(CO)O3. The van der Waals surface area contributed by atoms with Gasteiger partial charge in [-0.2, -0.15) is 8.42 Å². The Kier molecular flexibility index (Phi) is 1.69. The van der Waals surface area contributed by atoms with Crippen LogP contribution < -0.4 is 0 Å². The first-order valence-corrected chi connectivity index (χ1v) is 6.29. The van der Waals surface area contributed by atoms with Gasteiger partial charge in [-0.3, -0.25) is 4.18 Å². The highest BCUT2D eigenvalue weighted by atomic mass is 32.2. The Labute approximate surface area is 86.9 Å². The van der Waals surface area contributed by atoms with Crippen LogP contribution in [0.4, 0.5) is 0 Å². The van der Waals surface area contributed by atoms with E-state index in [2.05, 4.69) is 0 Å². The van der Waals surface area contributed by atoms with E-state index >= 15 is 0 Å². The number of hydrogen-bond donors (Lipinski definition) is 2. The number of fused-ring (bicyclic) bond motifs is 1. The van der Waals surface area contributed by atoms with E-state index in [1.54, 1.807) is 0 Å². The Morgan fingerprint density at radius 3 is 2.47 bits per heavy atom. The van der Waals surface area contributed by atoms with Gasteiger partial charge in [0.05, 0.1) is 18.8 Å². The van der Waals surface area contributed by atoms with E-state index in [-0.39, 0.29) is 19.6 Å². The molecule has 3 saturated heterocycles. The van der Waals surface area contributed by atoms with Crippen molar-refractivity contribution in [2.24, 2.45) is 0 Å². The lowest BCUT2D eigenvalue weighted by atomic mass is 9.80. The van der Waals surface area contributed by atoms with Crippen molar-refractivity contribution >= 4 is 10.1 Å². The highest BCUT2D eigenvalue weighted by Gasteiger charge is 2.75. The average Bonchev–Trinajstić information content (AvgIpc) is 2.71. The van der Waals surface area contributed by atoms with E-state index in [9.17, 15) is 18.6 Å². The maximum atomic E-state index is 11.6. The van der Waals surface area contributed by atoms with Crippen LogP contribution in [0.15, 0.2) is 0 Å². The van der Waals surface area contributed by atoms with Crippen LogP contribution in [0.1, 0.15) is 12.8 Å². The lowest BCUT2D eigenvalue weighted by molar-refractivity contribution is -0.101. The van der Waals surface area contributed by atoms with E-state index in [1.807, 2.05) is 0 Å². The van der Waals surface area contributed by atoms with Crippen molar-refractivity contribution in [3.63, 3.8) is 0 Å². The van der Waals surface area contributed by atoms with Crippen molar-refractivity contribution in [1.29, 1.82) is 0 Å². The van der Waals surface area contributed by atoms with Crippen LogP contribution in [0.5, 0.6) is 0 Å². The quantitative estimate of drug-likeness (QED) is 0.559. The van der Waals surface area contributed by atoms with Crippen molar-refractivity contribution in [1.82, 2.24) is 0 Å². The molecule has 3 rings (SSSR count). The largest absolute Gasteiger partial charge is 0.393 e. The van der Waals surface area contributed by atoms with Gasteiger partial charge in [0, 0.05) is 12.8 Å². The summed E-state index contributed by atoms with van der Waals surface area (Å²) in [6.45, 7) is -0.621.